The van der Waals surface area contributed by atoms with E-state index in [1.165, 1.54) is 0 Å². The van der Waals surface area contributed by atoms with Crippen LogP contribution in [0.15, 0.2) is 60.7 Å². The summed E-state index contributed by atoms with van der Waals surface area (Å²) < 4.78 is 21.7. The second-order valence-electron chi connectivity index (χ2n) is 8.57. The molecule has 194 valence electrons. The summed E-state index contributed by atoms with van der Waals surface area (Å²) in [5.41, 5.74) is 3.08. The average molecular weight is 505 g/mol. The third-order valence-electron chi connectivity index (χ3n) is 6.35. The number of fused-ring (bicyclic) bond motifs is 1. The number of hydrogen-bond donors (Lipinski definition) is 1. The second kappa shape index (κ2) is 11.7. The zero-order valence-electron chi connectivity index (χ0n) is 21.6. The number of rotatable bonds is 11. The summed E-state index contributed by atoms with van der Waals surface area (Å²) in [6.07, 6.45) is 0.602. The molecule has 0 fully saturated rings. The van der Waals surface area contributed by atoms with Gasteiger partial charge in [-0.1, -0.05) is 30.3 Å². The van der Waals surface area contributed by atoms with E-state index in [9.17, 15) is 9.59 Å². The second-order valence-corrected chi connectivity index (χ2v) is 8.57. The first-order valence-electron chi connectivity index (χ1n) is 12.2. The van der Waals surface area contributed by atoms with Crippen molar-refractivity contribution in [3.05, 3.63) is 82.9 Å². The number of carbonyl (C=O) groups excluding carboxylic acids is 2. The molecule has 37 heavy (non-hydrogen) atoms. The van der Waals surface area contributed by atoms with Crippen molar-refractivity contribution in [2.75, 3.05) is 34.5 Å². The fourth-order valence-electron chi connectivity index (χ4n) is 4.56. The lowest BCUT2D eigenvalue weighted by atomic mass is 10.0. The van der Waals surface area contributed by atoms with Crippen molar-refractivity contribution >= 4 is 11.8 Å². The molecule has 0 saturated heterocycles. The number of nitrogens with one attached hydrogen (secondary N) is 1. The highest BCUT2D eigenvalue weighted by atomic mass is 16.5. The van der Waals surface area contributed by atoms with Crippen LogP contribution in [-0.2, 0) is 17.8 Å². The minimum absolute atomic E-state index is 0.177. The van der Waals surface area contributed by atoms with Crippen LogP contribution in [0.4, 0.5) is 0 Å². The molecule has 1 heterocycles. The molecule has 0 radical (unpaired) electrons. The zero-order chi connectivity index (χ0) is 26.4. The molecule has 3 aromatic rings. The lowest BCUT2D eigenvalue weighted by Gasteiger charge is -2.25. The Hall–Kier alpha value is -4.20. The summed E-state index contributed by atoms with van der Waals surface area (Å²) in [6.45, 7) is 3.08. The predicted molar refractivity (Wildman–Crippen MR) is 139 cm³/mol. The molecule has 1 atom stereocenters. The lowest BCUT2D eigenvalue weighted by Crippen LogP contribution is -2.39. The molecule has 1 aliphatic heterocycles. The molecular formula is C29H32N2O6. The molecule has 3 aromatic carbocycles. The molecule has 1 N–H and O–H groups in total. The van der Waals surface area contributed by atoms with E-state index in [1.54, 1.807) is 32.3 Å². The third kappa shape index (κ3) is 5.48. The fourth-order valence-corrected chi connectivity index (χ4v) is 4.56. The molecule has 2 amide bonds. The predicted octanol–water partition coefficient (Wildman–Crippen LogP) is 4.17. The average Bonchev–Trinajstić information content (AvgIpc) is 3.20. The van der Waals surface area contributed by atoms with Gasteiger partial charge in [0.05, 0.1) is 27.9 Å². The summed E-state index contributed by atoms with van der Waals surface area (Å²) in [7, 11) is 4.76. The molecule has 0 unspecified atom stereocenters. The van der Waals surface area contributed by atoms with Gasteiger partial charge in [-0.05, 0) is 60.4 Å². The van der Waals surface area contributed by atoms with Gasteiger partial charge in [0.2, 0.25) is 5.91 Å². The molecule has 0 aromatic heterocycles. The quantitative estimate of drug-likeness (QED) is 0.422. The van der Waals surface area contributed by atoms with Gasteiger partial charge in [-0.2, -0.15) is 0 Å². The maximum Gasteiger partial charge on any atom is 0.255 e. The lowest BCUT2D eigenvalue weighted by molar-refractivity contribution is -0.125. The summed E-state index contributed by atoms with van der Waals surface area (Å²) in [4.78, 5) is 28.4. The van der Waals surface area contributed by atoms with Crippen molar-refractivity contribution in [2.45, 2.75) is 25.9 Å². The van der Waals surface area contributed by atoms with E-state index >= 15 is 0 Å². The van der Waals surface area contributed by atoms with Crippen LogP contribution in [0.1, 0.15) is 40.0 Å². The number of hydrogen-bond acceptors (Lipinski definition) is 6. The van der Waals surface area contributed by atoms with Crippen molar-refractivity contribution in [1.29, 1.82) is 0 Å². The molecule has 8 nitrogen and oxygen atoms in total. The minimum Gasteiger partial charge on any atom is -0.493 e. The molecule has 0 bridgehead atoms. The van der Waals surface area contributed by atoms with Crippen molar-refractivity contribution in [3.63, 3.8) is 0 Å². The fraction of sp³-hybridized carbons (Fsp3) is 0.310. The van der Waals surface area contributed by atoms with Gasteiger partial charge in [-0.3, -0.25) is 9.59 Å². The van der Waals surface area contributed by atoms with Gasteiger partial charge in [-0.25, -0.2) is 0 Å². The highest BCUT2D eigenvalue weighted by Gasteiger charge is 2.40. The van der Waals surface area contributed by atoms with Crippen LogP contribution in [0.3, 0.4) is 0 Å². The Morgan fingerprint density at radius 2 is 1.51 bits per heavy atom. The highest BCUT2D eigenvalue weighted by Crippen LogP contribution is 2.36. The highest BCUT2D eigenvalue weighted by molar-refractivity contribution is 6.04. The molecule has 4 rings (SSSR count). The van der Waals surface area contributed by atoms with Crippen LogP contribution >= 0.6 is 0 Å². The Balaban J connectivity index is 1.51. The molecular weight excluding hydrogens is 472 g/mol. The molecule has 0 saturated carbocycles. The number of carbonyl (C=O) groups is 2. The smallest absolute Gasteiger partial charge is 0.255 e. The van der Waals surface area contributed by atoms with Crippen LogP contribution < -0.4 is 24.3 Å². The maximum absolute atomic E-state index is 13.4. The van der Waals surface area contributed by atoms with Crippen molar-refractivity contribution in [1.82, 2.24) is 10.2 Å². The number of amides is 2. The van der Waals surface area contributed by atoms with Gasteiger partial charge in [0, 0.05) is 18.7 Å². The standard InChI is InChI=1S/C29H32N2O6/c1-5-37-24-13-11-20(17-26(24)36-4)18-31-27(21-8-6-7-9-22(21)29(31)33)28(32)30-15-14-19-10-12-23(34-2)25(16-19)35-3/h6-13,16-17,27H,5,14-15,18H2,1-4H3,(H,30,32)/t27-/m0/s1. The number of ether oxygens (including phenoxy) is 4. The number of nitrogens with zero attached hydrogens (tertiary/aromatic N) is 1. The Bertz CT molecular complexity index is 1280. The van der Waals surface area contributed by atoms with Gasteiger partial charge in [0.25, 0.3) is 5.91 Å². The molecule has 1 aliphatic rings. The Morgan fingerprint density at radius 3 is 2.24 bits per heavy atom. The Morgan fingerprint density at radius 1 is 0.865 bits per heavy atom. The normalized spacial score (nSPS) is 14.2. The molecule has 0 spiro atoms. The molecule has 0 aliphatic carbocycles. The van der Waals surface area contributed by atoms with Gasteiger partial charge in [0.1, 0.15) is 6.04 Å². The van der Waals surface area contributed by atoms with Crippen molar-refractivity contribution < 1.29 is 28.5 Å². The first-order chi connectivity index (χ1) is 18.0. The van der Waals surface area contributed by atoms with Gasteiger partial charge in [0.15, 0.2) is 23.0 Å². The first-order valence-corrected chi connectivity index (χ1v) is 12.2. The monoisotopic (exact) mass is 504 g/mol. The van der Waals surface area contributed by atoms with Crippen molar-refractivity contribution in [2.24, 2.45) is 0 Å². The zero-order valence-corrected chi connectivity index (χ0v) is 21.6. The van der Waals surface area contributed by atoms with E-state index in [0.29, 0.717) is 53.7 Å². The third-order valence-corrected chi connectivity index (χ3v) is 6.35. The van der Waals surface area contributed by atoms with E-state index < -0.39 is 6.04 Å². The SMILES string of the molecule is CCOc1ccc(CN2C(=O)c3ccccc3[C@H]2C(=O)NCCc2ccc(OC)c(OC)c2)cc1OC. The molecule has 8 heteroatoms. The Labute approximate surface area is 217 Å². The Kier molecular flexibility index (Phi) is 8.18. The van der Waals surface area contributed by atoms with E-state index in [2.05, 4.69) is 5.32 Å². The van der Waals surface area contributed by atoms with Crippen molar-refractivity contribution in [3.8, 4) is 23.0 Å². The minimum atomic E-state index is -0.730. The van der Waals surface area contributed by atoms with E-state index in [4.69, 9.17) is 18.9 Å². The van der Waals surface area contributed by atoms with Crippen LogP contribution in [-0.4, -0.2) is 51.2 Å². The maximum atomic E-state index is 13.4. The van der Waals surface area contributed by atoms with E-state index in [-0.39, 0.29) is 18.4 Å². The number of methoxy groups -OCH3 is 3. The van der Waals surface area contributed by atoms with Gasteiger partial charge < -0.3 is 29.2 Å². The summed E-state index contributed by atoms with van der Waals surface area (Å²) in [6, 6.07) is 17.8. The van der Waals surface area contributed by atoms with Crippen LogP contribution in [0.5, 0.6) is 23.0 Å². The van der Waals surface area contributed by atoms with Crippen LogP contribution in [0.2, 0.25) is 0 Å². The van der Waals surface area contributed by atoms with Crippen LogP contribution in [0.25, 0.3) is 0 Å². The van der Waals surface area contributed by atoms with Gasteiger partial charge in [-0.15, -0.1) is 0 Å². The summed E-state index contributed by atoms with van der Waals surface area (Å²) >= 11 is 0. The first kappa shape index (κ1) is 25.9. The number of benzene rings is 3. The topological polar surface area (TPSA) is 86.3 Å². The largest absolute Gasteiger partial charge is 0.493 e. The van der Waals surface area contributed by atoms with E-state index in [0.717, 1.165) is 11.1 Å². The summed E-state index contributed by atoms with van der Waals surface area (Å²) in [5.74, 6) is 2.10. The van der Waals surface area contributed by atoms with Gasteiger partial charge >= 0.3 is 0 Å². The summed E-state index contributed by atoms with van der Waals surface area (Å²) in [5, 5.41) is 3.02. The van der Waals surface area contributed by atoms with E-state index in [1.807, 2.05) is 61.5 Å². The van der Waals surface area contributed by atoms with Crippen LogP contribution in [0, 0.1) is 0 Å².